The number of carbonyl (C=O) groups is 1. The number of piperidine rings is 1. The SMILES string of the molecule is N#Cc1cccc(C(=O)N2CC[C@@H]3CCCC[C@@H]3C2)c1. The van der Waals surface area contributed by atoms with Crippen LogP contribution in [0.2, 0.25) is 0 Å². The summed E-state index contributed by atoms with van der Waals surface area (Å²) in [6, 6.07) is 9.15. The lowest BCUT2D eigenvalue weighted by Gasteiger charge is -2.41. The van der Waals surface area contributed by atoms with Crippen LogP contribution in [-0.4, -0.2) is 23.9 Å². The molecule has 0 bridgehead atoms. The van der Waals surface area contributed by atoms with Crippen LogP contribution in [0.25, 0.3) is 0 Å². The topological polar surface area (TPSA) is 44.1 Å². The Kier molecular flexibility index (Phi) is 3.73. The molecule has 0 spiro atoms. The Morgan fingerprint density at radius 3 is 2.80 bits per heavy atom. The molecule has 2 fully saturated rings. The largest absolute Gasteiger partial charge is 0.338 e. The summed E-state index contributed by atoms with van der Waals surface area (Å²) in [5.41, 5.74) is 1.21. The molecule has 20 heavy (non-hydrogen) atoms. The number of likely N-dealkylation sites (tertiary alicyclic amines) is 1. The van der Waals surface area contributed by atoms with Gasteiger partial charge in [0, 0.05) is 18.7 Å². The first-order valence-corrected chi connectivity index (χ1v) is 7.57. The number of hydrogen-bond acceptors (Lipinski definition) is 2. The molecule has 1 aromatic carbocycles. The van der Waals surface area contributed by atoms with E-state index in [0.29, 0.717) is 17.0 Å². The molecule has 0 N–H and O–H groups in total. The Balaban J connectivity index is 1.72. The monoisotopic (exact) mass is 268 g/mol. The van der Waals surface area contributed by atoms with Gasteiger partial charge in [0.15, 0.2) is 0 Å². The van der Waals surface area contributed by atoms with Gasteiger partial charge in [-0.2, -0.15) is 5.26 Å². The van der Waals surface area contributed by atoms with Crippen molar-refractivity contribution in [3.8, 4) is 6.07 Å². The number of hydrogen-bond donors (Lipinski definition) is 0. The highest BCUT2D eigenvalue weighted by Crippen LogP contribution is 2.36. The van der Waals surface area contributed by atoms with E-state index >= 15 is 0 Å². The second-order valence-electron chi connectivity index (χ2n) is 6.04. The van der Waals surface area contributed by atoms with Gasteiger partial charge < -0.3 is 4.90 Å². The van der Waals surface area contributed by atoms with Gasteiger partial charge in [-0.25, -0.2) is 0 Å². The van der Waals surface area contributed by atoms with E-state index in [1.165, 1.54) is 25.7 Å². The van der Waals surface area contributed by atoms with Crippen LogP contribution in [0.3, 0.4) is 0 Å². The molecule has 2 aliphatic rings. The Morgan fingerprint density at radius 1 is 1.20 bits per heavy atom. The van der Waals surface area contributed by atoms with Crippen molar-refractivity contribution in [2.45, 2.75) is 32.1 Å². The maximum Gasteiger partial charge on any atom is 0.253 e. The molecule has 1 saturated heterocycles. The van der Waals surface area contributed by atoms with E-state index in [1.54, 1.807) is 18.2 Å². The second-order valence-corrected chi connectivity index (χ2v) is 6.04. The zero-order valence-electron chi connectivity index (χ0n) is 11.7. The van der Waals surface area contributed by atoms with Crippen molar-refractivity contribution in [2.75, 3.05) is 13.1 Å². The second kappa shape index (κ2) is 5.66. The summed E-state index contributed by atoms with van der Waals surface area (Å²) < 4.78 is 0. The molecule has 2 atom stereocenters. The summed E-state index contributed by atoms with van der Waals surface area (Å²) in [5.74, 6) is 1.62. The standard InChI is InChI=1S/C17H20N2O/c18-11-13-4-3-7-15(10-13)17(20)19-9-8-14-5-1-2-6-16(14)12-19/h3-4,7,10,14,16H,1-2,5-6,8-9,12H2/t14-,16+/m0/s1. The van der Waals surface area contributed by atoms with Crippen LogP contribution in [0.15, 0.2) is 24.3 Å². The molecule has 0 radical (unpaired) electrons. The van der Waals surface area contributed by atoms with E-state index in [0.717, 1.165) is 25.4 Å². The highest BCUT2D eigenvalue weighted by atomic mass is 16.2. The quantitative estimate of drug-likeness (QED) is 0.785. The van der Waals surface area contributed by atoms with Gasteiger partial charge in [-0.3, -0.25) is 4.79 Å². The first-order chi connectivity index (χ1) is 9.78. The molecule has 104 valence electrons. The van der Waals surface area contributed by atoms with Gasteiger partial charge in [-0.1, -0.05) is 25.3 Å². The average Bonchev–Trinajstić information content (AvgIpc) is 2.53. The van der Waals surface area contributed by atoms with E-state index in [4.69, 9.17) is 5.26 Å². The Hall–Kier alpha value is -1.82. The predicted molar refractivity (Wildman–Crippen MR) is 77.1 cm³/mol. The summed E-state index contributed by atoms with van der Waals surface area (Å²) >= 11 is 0. The lowest BCUT2D eigenvalue weighted by atomic mass is 9.75. The first kappa shape index (κ1) is 13.2. The smallest absolute Gasteiger partial charge is 0.253 e. The molecule has 0 aromatic heterocycles. The number of fused-ring (bicyclic) bond motifs is 1. The molecule has 3 rings (SSSR count). The highest BCUT2D eigenvalue weighted by molar-refractivity contribution is 5.94. The van der Waals surface area contributed by atoms with Crippen LogP contribution < -0.4 is 0 Å². The fraction of sp³-hybridized carbons (Fsp3) is 0.529. The minimum atomic E-state index is 0.0890. The summed E-state index contributed by atoms with van der Waals surface area (Å²) in [5, 5.41) is 8.93. The Bertz CT molecular complexity index is 546. The van der Waals surface area contributed by atoms with Crippen molar-refractivity contribution in [2.24, 2.45) is 11.8 Å². The van der Waals surface area contributed by atoms with Crippen LogP contribution in [0.4, 0.5) is 0 Å². The number of nitrogens with zero attached hydrogens (tertiary/aromatic N) is 2. The Morgan fingerprint density at radius 2 is 2.00 bits per heavy atom. The summed E-state index contributed by atoms with van der Waals surface area (Å²) in [6.07, 6.45) is 6.43. The average molecular weight is 268 g/mol. The molecule has 1 heterocycles. The normalized spacial score (nSPS) is 25.6. The van der Waals surface area contributed by atoms with Crippen molar-refractivity contribution in [1.82, 2.24) is 4.90 Å². The van der Waals surface area contributed by atoms with E-state index in [-0.39, 0.29) is 5.91 Å². The predicted octanol–water partition coefficient (Wildman–Crippen LogP) is 3.21. The van der Waals surface area contributed by atoms with Gasteiger partial charge in [0.1, 0.15) is 0 Å². The van der Waals surface area contributed by atoms with Crippen LogP contribution in [0.5, 0.6) is 0 Å². The molecule has 1 aromatic rings. The molecule has 1 aliphatic heterocycles. The lowest BCUT2D eigenvalue weighted by molar-refractivity contribution is 0.0521. The van der Waals surface area contributed by atoms with Crippen LogP contribution in [-0.2, 0) is 0 Å². The fourth-order valence-corrected chi connectivity index (χ4v) is 3.69. The van der Waals surface area contributed by atoms with Crippen molar-refractivity contribution in [1.29, 1.82) is 5.26 Å². The van der Waals surface area contributed by atoms with Crippen molar-refractivity contribution >= 4 is 5.91 Å². The van der Waals surface area contributed by atoms with Gasteiger partial charge >= 0.3 is 0 Å². The van der Waals surface area contributed by atoms with E-state index in [9.17, 15) is 4.79 Å². The number of benzene rings is 1. The van der Waals surface area contributed by atoms with Crippen molar-refractivity contribution in [3.05, 3.63) is 35.4 Å². The van der Waals surface area contributed by atoms with Crippen molar-refractivity contribution < 1.29 is 4.79 Å². The maximum atomic E-state index is 12.6. The third kappa shape index (κ3) is 2.56. The minimum Gasteiger partial charge on any atom is -0.338 e. The molecular weight excluding hydrogens is 248 g/mol. The number of carbonyl (C=O) groups excluding carboxylic acids is 1. The fourth-order valence-electron chi connectivity index (χ4n) is 3.69. The van der Waals surface area contributed by atoms with Crippen molar-refractivity contribution in [3.63, 3.8) is 0 Å². The van der Waals surface area contributed by atoms with Gasteiger partial charge in [0.25, 0.3) is 5.91 Å². The third-order valence-corrected chi connectivity index (χ3v) is 4.82. The molecule has 3 nitrogen and oxygen atoms in total. The molecule has 1 amide bonds. The van der Waals surface area contributed by atoms with E-state index < -0.39 is 0 Å². The van der Waals surface area contributed by atoms with E-state index in [2.05, 4.69) is 6.07 Å². The summed E-state index contributed by atoms with van der Waals surface area (Å²) in [7, 11) is 0. The van der Waals surface area contributed by atoms with Gasteiger partial charge in [0.2, 0.25) is 0 Å². The molecule has 1 saturated carbocycles. The minimum absolute atomic E-state index is 0.0890. The summed E-state index contributed by atoms with van der Waals surface area (Å²) in [6.45, 7) is 1.77. The third-order valence-electron chi connectivity index (χ3n) is 4.82. The molecule has 1 aliphatic carbocycles. The van der Waals surface area contributed by atoms with Gasteiger partial charge in [0.05, 0.1) is 11.6 Å². The van der Waals surface area contributed by atoms with E-state index in [1.807, 2.05) is 11.0 Å². The molecule has 3 heteroatoms. The lowest BCUT2D eigenvalue weighted by Crippen LogP contribution is -2.44. The number of rotatable bonds is 1. The van der Waals surface area contributed by atoms with Gasteiger partial charge in [-0.15, -0.1) is 0 Å². The van der Waals surface area contributed by atoms with Crippen LogP contribution in [0.1, 0.15) is 48.0 Å². The number of amides is 1. The zero-order valence-corrected chi connectivity index (χ0v) is 11.7. The van der Waals surface area contributed by atoms with Gasteiger partial charge in [-0.05, 0) is 42.9 Å². The Labute approximate surface area is 120 Å². The summed E-state index contributed by atoms with van der Waals surface area (Å²) in [4.78, 5) is 14.5. The maximum absolute atomic E-state index is 12.6. The van der Waals surface area contributed by atoms with Crippen LogP contribution >= 0.6 is 0 Å². The highest BCUT2D eigenvalue weighted by Gasteiger charge is 2.33. The van der Waals surface area contributed by atoms with Crippen LogP contribution in [0, 0.1) is 23.2 Å². The molecular formula is C17H20N2O. The molecule has 0 unspecified atom stereocenters. The zero-order chi connectivity index (χ0) is 13.9. The number of nitriles is 1. The first-order valence-electron chi connectivity index (χ1n) is 7.57.